The summed E-state index contributed by atoms with van der Waals surface area (Å²) in [5.41, 5.74) is 2.28. The topological polar surface area (TPSA) is 41.6 Å². The number of methoxy groups -OCH3 is 1. The molecule has 1 N–H and O–H groups in total. The van der Waals surface area contributed by atoms with Gasteiger partial charge in [0.1, 0.15) is 5.75 Å². The third-order valence-corrected chi connectivity index (χ3v) is 4.47. The molecule has 2 aliphatic rings. The molecule has 3 rings (SSSR count). The summed E-state index contributed by atoms with van der Waals surface area (Å²) in [6, 6.07) is 5.99. The van der Waals surface area contributed by atoms with Crippen molar-refractivity contribution in [1.82, 2.24) is 5.32 Å². The van der Waals surface area contributed by atoms with Crippen molar-refractivity contribution in [1.29, 1.82) is 0 Å². The maximum atomic E-state index is 12.8. The Morgan fingerprint density at radius 1 is 1.45 bits per heavy atom. The van der Waals surface area contributed by atoms with Crippen molar-refractivity contribution in [3.63, 3.8) is 0 Å². The molecule has 4 nitrogen and oxygen atoms in total. The van der Waals surface area contributed by atoms with Gasteiger partial charge in [-0.25, -0.2) is 0 Å². The fourth-order valence-electron chi connectivity index (χ4n) is 3.26. The zero-order valence-corrected chi connectivity index (χ0v) is 12.2. The van der Waals surface area contributed by atoms with E-state index in [1.165, 1.54) is 5.56 Å². The Morgan fingerprint density at radius 2 is 2.30 bits per heavy atom. The second-order valence-electron chi connectivity index (χ2n) is 5.79. The van der Waals surface area contributed by atoms with Crippen molar-refractivity contribution in [3.05, 3.63) is 23.8 Å². The molecule has 0 aromatic heterocycles. The Kier molecular flexibility index (Phi) is 3.66. The Balaban J connectivity index is 1.87. The minimum Gasteiger partial charge on any atom is -0.497 e. The lowest BCUT2D eigenvalue weighted by atomic mass is 9.97. The van der Waals surface area contributed by atoms with Crippen LogP contribution < -0.4 is 15.0 Å². The zero-order valence-electron chi connectivity index (χ0n) is 12.2. The first kappa shape index (κ1) is 13.4. The molecule has 1 saturated heterocycles. The van der Waals surface area contributed by atoms with E-state index in [4.69, 9.17) is 4.74 Å². The summed E-state index contributed by atoms with van der Waals surface area (Å²) in [5, 5.41) is 3.34. The predicted octanol–water partition coefficient (Wildman–Crippen LogP) is 1.97. The number of aryl methyl sites for hydroxylation is 1. The van der Waals surface area contributed by atoms with Gasteiger partial charge in [0.15, 0.2) is 0 Å². The van der Waals surface area contributed by atoms with E-state index in [9.17, 15) is 4.79 Å². The van der Waals surface area contributed by atoms with E-state index in [1.54, 1.807) is 7.11 Å². The molecule has 2 unspecified atom stereocenters. The first-order valence-electron chi connectivity index (χ1n) is 7.42. The Morgan fingerprint density at radius 3 is 3.00 bits per heavy atom. The highest BCUT2D eigenvalue weighted by atomic mass is 16.5. The number of hydrogen-bond donors (Lipinski definition) is 1. The van der Waals surface area contributed by atoms with Gasteiger partial charge < -0.3 is 15.0 Å². The molecule has 20 heavy (non-hydrogen) atoms. The average Bonchev–Trinajstić information content (AvgIpc) is 2.91. The molecule has 1 aromatic carbocycles. The van der Waals surface area contributed by atoms with E-state index in [1.807, 2.05) is 17.0 Å². The van der Waals surface area contributed by atoms with Crippen LogP contribution in [0.3, 0.4) is 0 Å². The van der Waals surface area contributed by atoms with Crippen LogP contribution in [-0.2, 0) is 11.2 Å². The van der Waals surface area contributed by atoms with E-state index < -0.39 is 0 Å². The number of hydrogen-bond acceptors (Lipinski definition) is 3. The SMILES string of the molecule is COc1ccc2c(c1)CCCN2C(=O)C1NCCC1C. The normalized spacial score (nSPS) is 25.4. The fraction of sp³-hybridized carbons (Fsp3) is 0.562. The fourth-order valence-corrected chi connectivity index (χ4v) is 3.26. The van der Waals surface area contributed by atoms with Crippen LogP contribution >= 0.6 is 0 Å². The highest BCUT2D eigenvalue weighted by Gasteiger charge is 2.34. The van der Waals surface area contributed by atoms with Crippen molar-refractivity contribution in [3.8, 4) is 5.75 Å². The monoisotopic (exact) mass is 274 g/mol. The van der Waals surface area contributed by atoms with E-state index in [0.29, 0.717) is 5.92 Å². The number of amides is 1. The molecular weight excluding hydrogens is 252 g/mol. The van der Waals surface area contributed by atoms with Crippen molar-refractivity contribution in [2.75, 3.05) is 25.1 Å². The van der Waals surface area contributed by atoms with E-state index in [2.05, 4.69) is 18.3 Å². The van der Waals surface area contributed by atoms with Crippen LogP contribution in [0.5, 0.6) is 5.75 Å². The number of ether oxygens (including phenoxy) is 1. The highest BCUT2D eigenvalue weighted by molar-refractivity contribution is 5.98. The third kappa shape index (κ3) is 2.29. The van der Waals surface area contributed by atoms with Crippen molar-refractivity contribution >= 4 is 11.6 Å². The third-order valence-electron chi connectivity index (χ3n) is 4.47. The maximum Gasteiger partial charge on any atom is 0.244 e. The number of nitrogens with one attached hydrogen (secondary N) is 1. The molecule has 0 bridgehead atoms. The second-order valence-corrected chi connectivity index (χ2v) is 5.79. The smallest absolute Gasteiger partial charge is 0.244 e. The van der Waals surface area contributed by atoms with Gasteiger partial charge in [-0.3, -0.25) is 4.79 Å². The van der Waals surface area contributed by atoms with Crippen LogP contribution in [0, 0.1) is 5.92 Å². The van der Waals surface area contributed by atoms with Crippen LogP contribution in [0.4, 0.5) is 5.69 Å². The molecule has 0 saturated carbocycles. The lowest BCUT2D eigenvalue weighted by molar-refractivity contribution is -0.121. The number of benzene rings is 1. The molecule has 2 heterocycles. The van der Waals surface area contributed by atoms with Crippen LogP contribution in [-0.4, -0.2) is 32.1 Å². The standard InChI is InChI=1S/C16H22N2O2/c1-11-7-8-17-15(11)16(19)18-9-3-4-12-10-13(20-2)5-6-14(12)18/h5-6,10-11,15,17H,3-4,7-9H2,1-2H3. The largest absolute Gasteiger partial charge is 0.497 e. The maximum absolute atomic E-state index is 12.8. The molecule has 0 spiro atoms. The Labute approximate surface area is 120 Å². The number of fused-ring (bicyclic) bond motifs is 1. The lowest BCUT2D eigenvalue weighted by Crippen LogP contribution is -2.47. The number of rotatable bonds is 2. The predicted molar refractivity (Wildman–Crippen MR) is 79.2 cm³/mol. The van der Waals surface area contributed by atoms with E-state index in [0.717, 1.165) is 43.8 Å². The minimum absolute atomic E-state index is 0.0250. The molecule has 1 amide bonds. The molecule has 1 fully saturated rings. The number of carbonyl (C=O) groups excluding carboxylic acids is 1. The minimum atomic E-state index is -0.0250. The van der Waals surface area contributed by atoms with Gasteiger partial charge in [0.05, 0.1) is 13.2 Å². The molecular formula is C16H22N2O2. The molecule has 2 aliphatic heterocycles. The highest BCUT2D eigenvalue weighted by Crippen LogP contribution is 2.32. The second kappa shape index (κ2) is 5.44. The summed E-state index contributed by atoms with van der Waals surface area (Å²) < 4.78 is 5.28. The molecule has 4 heteroatoms. The van der Waals surface area contributed by atoms with Crippen molar-refractivity contribution in [2.45, 2.75) is 32.2 Å². The summed E-state index contributed by atoms with van der Waals surface area (Å²) in [4.78, 5) is 14.7. The van der Waals surface area contributed by atoms with Gasteiger partial charge in [-0.2, -0.15) is 0 Å². The lowest BCUT2D eigenvalue weighted by Gasteiger charge is -2.32. The summed E-state index contributed by atoms with van der Waals surface area (Å²) in [5.74, 6) is 1.51. The van der Waals surface area contributed by atoms with Gasteiger partial charge in [0.25, 0.3) is 0 Å². The van der Waals surface area contributed by atoms with E-state index in [-0.39, 0.29) is 11.9 Å². The van der Waals surface area contributed by atoms with Gasteiger partial charge in [-0.05, 0) is 55.5 Å². The summed E-state index contributed by atoms with van der Waals surface area (Å²) in [6.45, 7) is 3.92. The number of nitrogens with zero attached hydrogens (tertiary/aromatic N) is 1. The van der Waals surface area contributed by atoms with Crippen LogP contribution in [0.15, 0.2) is 18.2 Å². The van der Waals surface area contributed by atoms with Gasteiger partial charge in [-0.1, -0.05) is 6.92 Å². The first-order valence-corrected chi connectivity index (χ1v) is 7.42. The Hall–Kier alpha value is -1.55. The molecule has 108 valence electrons. The quantitative estimate of drug-likeness (QED) is 0.896. The number of anilines is 1. The molecule has 0 aliphatic carbocycles. The molecule has 1 aromatic rings. The van der Waals surface area contributed by atoms with Gasteiger partial charge in [0, 0.05) is 12.2 Å². The van der Waals surface area contributed by atoms with Crippen molar-refractivity contribution in [2.24, 2.45) is 5.92 Å². The summed E-state index contributed by atoms with van der Waals surface area (Å²) in [6.07, 6.45) is 3.12. The van der Waals surface area contributed by atoms with Crippen molar-refractivity contribution < 1.29 is 9.53 Å². The summed E-state index contributed by atoms with van der Waals surface area (Å²) in [7, 11) is 1.68. The van der Waals surface area contributed by atoms with Gasteiger partial charge in [-0.15, -0.1) is 0 Å². The van der Waals surface area contributed by atoms with Crippen LogP contribution in [0.1, 0.15) is 25.3 Å². The number of carbonyl (C=O) groups is 1. The molecule has 2 atom stereocenters. The summed E-state index contributed by atoms with van der Waals surface area (Å²) >= 11 is 0. The zero-order chi connectivity index (χ0) is 14.1. The van der Waals surface area contributed by atoms with Gasteiger partial charge >= 0.3 is 0 Å². The first-order chi connectivity index (χ1) is 9.70. The van der Waals surface area contributed by atoms with Crippen LogP contribution in [0.2, 0.25) is 0 Å². The Bertz CT molecular complexity index is 515. The van der Waals surface area contributed by atoms with E-state index >= 15 is 0 Å². The molecule has 0 radical (unpaired) electrons. The van der Waals surface area contributed by atoms with Crippen LogP contribution in [0.25, 0.3) is 0 Å². The average molecular weight is 274 g/mol. The van der Waals surface area contributed by atoms with Gasteiger partial charge in [0.2, 0.25) is 5.91 Å².